The highest BCUT2D eigenvalue weighted by molar-refractivity contribution is 7.15. The number of anilines is 1. The first kappa shape index (κ1) is 19.8. The zero-order valence-electron chi connectivity index (χ0n) is 13.1. The van der Waals surface area contributed by atoms with Crippen molar-refractivity contribution < 1.29 is 14.3 Å². The van der Waals surface area contributed by atoms with E-state index in [2.05, 4.69) is 20.3 Å². The number of amides is 1. The minimum Gasteiger partial charge on any atom is -0.469 e. The van der Waals surface area contributed by atoms with Crippen molar-refractivity contribution in [3.8, 4) is 0 Å². The molecular weight excluding hydrogens is 340 g/mol. The maximum atomic E-state index is 12.2. The van der Waals surface area contributed by atoms with Gasteiger partial charge in [-0.2, -0.15) is 0 Å². The number of esters is 1. The van der Waals surface area contributed by atoms with Gasteiger partial charge in [-0.1, -0.05) is 17.8 Å². The van der Waals surface area contributed by atoms with Gasteiger partial charge in [-0.3, -0.25) is 9.59 Å². The Balaban J connectivity index is 0.00000264. The molecular formula is C14H23ClN4O3S. The maximum Gasteiger partial charge on any atom is 0.305 e. The SMILES string of the molecule is COC(=O)CCCc1nnc(NC(=O)C2CCCC(N)C2)s1.Cl. The van der Waals surface area contributed by atoms with E-state index in [1.165, 1.54) is 18.4 Å². The predicted molar refractivity (Wildman–Crippen MR) is 90.7 cm³/mol. The molecule has 7 nitrogen and oxygen atoms in total. The highest BCUT2D eigenvalue weighted by Crippen LogP contribution is 2.25. The van der Waals surface area contributed by atoms with Crippen LogP contribution in [0, 0.1) is 5.92 Å². The summed E-state index contributed by atoms with van der Waals surface area (Å²) in [5.74, 6) is -0.283. The molecule has 0 saturated heterocycles. The van der Waals surface area contributed by atoms with Crippen LogP contribution in [0.4, 0.5) is 5.13 Å². The Hall–Kier alpha value is -1.25. The van der Waals surface area contributed by atoms with E-state index in [-0.39, 0.29) is 36.2 Å². The van der Waals surface area contributed by atoms with E-state index < -0.39 is 0 Å². The van der Waals surface area contributed by atoms with Crippen molar-refractivity contribution in [3.63, 3.8) is 0 Å². The van der Waals surface area contributed by atoms with Crippen LogP contribution >= 0.6 is 23.7 Å². The number of nitrogens with two attached hydrogens (primary N) is 1. The molecule has 2 unspecified atom stereocenters. The number of nitrogens with one attached hydrogen (secondary N) is 1. The number of rotatable bonds is 6. The molecule has 1 amide bonds. The molecule has 2 atom stereocenters. The van der Waals surface area contributed by atoms with Gasteiger partial charge in [-0.25, -0.2) is 0 Å². The number of hydrogen-bond acceptors (Lipinski definition) is 7. The van der Waals surface area contributed by atoms with E-state index in [4.69, 9.17) is 5.73 Å². The first-order valence-corrected chi connectivity index (χ1v) is 8.35. The zero-order valence-corrected chi connectivity index (χ0v) is 14.8. The summed E-state index contributed by atoms with van der Waals surface area (Å²) in [6.45, 7) is 0. The molecule has 1 aliphatic carbocycles. The molecule has 23 heavy (non-hydrogen) atoms. The second-order valence-corrected chi connectivity index (χ2v) is 6.61. The van der Waals surface area contributed by atoms with Gasteiger partial charge in [-0.15, -0.1) is 22.6 Å². The number of nitrogens with zero attached hydrogens (tertiary/aromatic N) is 2. The minimum atomic E-state index is -0.230. The van der Waals surface area contributed by atoms with Crippen LogP contribution in [0.15, 0.2) is 0 Å². The number of methoxy groups -OCH3 is 1. The predicted octanol–water partition coefficient (Wildman–Crippen LogP) is 1.91. The summed E-state index contributed by atoms with van der Waals surface area (Å²) < 4.78 is 4.58. The third kappa shape index (κ3) is 6.40. The lowest BCUT2D eigenvalue weighted by Crippen LogP contribution is -2.34. The summed E-state index contributed by atoms with van der Waals surface area (Å²) in [6, 6.07) is 0.118. The Morgan fingerprint density at radius 3 is 2.87 bits per heavy atom. The summed E-state index contributed by atoms with van der Waals surface area (Å²) in [4.78, 5) is 23.2. The molecule has 1 fully saturated rings. The molecule has 1 heterocycles. The van der Waals surface area contributed by atoms with Crippen LogP contribution < -0.4 is 11.1 Å². The summed E-state index contributed by atoms with van der Waals surface area (Å²) in [5.41, 5.74) is 5.91. The van der Waals surface area contributed by atoms with Gasteiger partial charge in [0.15, 0.2) is 0 Å². The Kier molecular flexibility index (Phi) is 8.43. The third-order valence-electron chi connectivity index (χ3n) is 3.78. The number of carbonyl (C=O) groups excluding carboxylic acids is 2. The van der Waals surface area contributed by atoms with E-state index >= 15 is 0 Å². The number of halogens is 1. The standard InChI is InChI=1S/C14H22N4O3S.ClH/c1-21-12(19)7-3-6-11-17-18-14(22-11)16-13(20)9-4-2-5-10(15)8-9;/h9-10H,2-8,15H2,1H3,(H,16,18,20);1H. The number of ether oxygens (including phenoxy) is 1. The third-order valence-corrected chi connectivity index (χ3v) is 4.68. The molecule has 2 rings (SSSR count). The zero-order chi connectivity index (χ0) is 15.9. The largest absolute Gasteiger partial charge is 0.469 e. The molecule has 0 spiro atoms. The molecule has 1 aromatic heterocycles. The van der Waals surface area contributed by atoms with Gasteiger partial charge in [0, 0.05) is 24.8 Å². The monoisotopic (exact) mass is 362 g/mol. The number of carbonyl (C=O) groups is 2. The Labute approximate surface area is 145 Å². The van der Waals surface area contributed by atoms with Gasteiger partial charge in [0.1, 0.15) is 5.01 Å². The van der Waals surface area contributed by atoms with Crippen LogP contribution in [0.3, 0.4) is 0 Å². The maximum absolute atomic E-state index is 12.2. The van der Waals surface area contributed by atoms with Crippen molar-refractivity contribution in [1.29, 1.82) is 0 Å². The second kappa shape index (κ2) is 9.79. The van der Waals surface area contributed by atoms with Gasteiger partial charge < -0.3 is 15.8 Å². The molecule has 0 aliphatic heterocycles. The average Bonchev–Trinajstić information content (AvgIpc) is 2.94. The van der Waals surface area contributed by atoms with Gasteiger partial charge in [0.05, 0.1) is 7.11 Å². The van der Waals surface area contributed by atoms with E-state index in [1.54, 1.807) is 0 Å². The number of aromatic nitrogens is 2. The fraction of sp³-hybridized carbons (Fsp3) is 0.714. The van der Waals surface area contributed by atoms with Crippen molar-refractivity contribution in [2.24, 2.45) is 11.7 Å². The van der Waals surface area contributed by atoms with Crippen LogP contribution in [0.25, 0.3) is 0 Å². The first-order valence-electron chi connectivity index (χ1n) is 7.54. The fourth-order valence-electron chi connectivity index (χ4n) is 2.56. The molecule has 0 radical (unpaired) electrons. The van der Waals surface area contributed by atoms with E-state index in [9.17, 15) is 9.59 Å². The molecule has 0 aromatic carbocycles. The number of hydrogen-bond donors (Lipinski definition) is 2. The van der Waals surface area contributed by atoms with Crippen molar-refractivity contribution in [3.05, 3.63) is 5.01 Å². The highest BCUT2D eigenvalue weighted by atomic mass is 35.5. The summed E-state index contributed by atoms with van der Waals surface area (Å²) in [5, 5.41) is 12.1. The van der Waals surface area contributed by atoms with E-state index in [1.807, 2.05) is 0 Å². The lowest BCUT2D eigenvalue weighted by atomic mass is 9.86. The van der Waals surface area contributed by atoms with Crippen LogP contribution in [-0.2, 0) is 20.7 Å². The molecule has 1 aliphatic rings. The van der Waals surface area contributed by atoms with Crippen molar-refractivity contribution in [2.45, 2.75) is 51.0 Å². The van der Waals surface area contributed by atoms with Crippen LogP contribution in [0.5, 0.6) is 0 Å². The minimum absolute atomic E-state index is 0. The van der Waals surface area contributed by atoms with Gasteiger partial charge in [0.25, 0.3) is 0 Å². The van der Waals surface area contributed by atoms with Crippen molar-refractivity contribution >= 4 is 40.8 Å². The number of aryl methyl sites for hydroxylation is 1. The summed E-state index contributed by atoms with van der Waals surface area (Å²) in [6.07, 6.45) is 5.27. The molecule has 0 bridgehead atoms. The van der Waals surface area contributed by atoms with Crippen LogP contribution in [-0.4, -0.2) is 35.2 Å². The highest BCUT2D eigenvalue weighted by Gasteiger charge is 2.26. The first-order chi connectivity index (χ1) is 10.6. The fourth-order valence-corrected chi connectivity index (χ4v) is 3.35. The Morgan fingerprint density at radius 2 is 2.17 bits per heavy atom. The lowest BCUT2D eigenvalue weighted by molar-refractivity contribution is -0.140. The molecule has 1 aromatic rings. The molecule has 9 heteroatoms. The molecule has 3 N–H and O–H groups in total. The second-order valence-electron chi connectivity index (χ2n) is 5.54. The summed E-state index contributed by atoms with van der Waals surface area (Å²) in [7, 11) is 1.37. The van der Waals surface area contributed by atoms with Crippen molar-refractivity contribution in [1.82, 2.24) is 10.2 Å². The topological polar surface area (TPSA) is 107 Å². The smallest absolute Gasteiger partial charge is 0.305 e. The van der Waals surface area contributed by atoms with E-state index in [0.717, 1.165) is 30.7 Å². The van der Waals surface area contributed by atoms with Gasteiger partial charge >= 0.3 is 5.97 Å². The average molecular weight is 363 g/mol. The quantitative estimate of drug-likeness (QED) is 0.748. The lowest BCUT2D eigenvalue weighted by Gasteiger charge is -2.25. The van der Waals surface area contributed by atoms with Crippen molar-refractivity contribution in [2.75, 3.05) is 12.4 Å². The molecule has 1 saturated carbocycles. The molecule has 130 valence electrons. The van der Waals surface area contributed by atoms with Crippen LogP contribution in [0.2, 0.25) is 0 Å². The summed E-state index contributed by atoms with van der Waals surface area (Å²) >= 11 is 1.35. The van der Waals surface area contributed by atoms with Gasteiger partial charge in [0.2, 0.25) is 11.0 Å². The Bertz CT molecular complexity index is 526. The van der Waals surface area contributed by atoms with E-state index in [0.29, 0.717) is 24.4 Å². The van der Waals surface area contributed by atoms with Crippen LogP contribution in [0.1, 0.15) is 43.5 Å². The van der Waals surface area contributed by atoms with Gasteiger partial charge in [-0.05, 0) is 25.7 Å². The normalized spacial score (nSPS) is 20.4. The Morgan fingerprint density at radius 1 is 1.39 bits per heavy atom.